The van der Waals surface area contributed by atoms with E-state index in [4.69, 9.17) is 10.5 Å². The molecule has 0 aliphatic carbocycles. The third-order valence-electron chi connectivity index (χ3n) is 3.03. The molecule has 94 valence electrons. The van der Waals surface area contributed by atoms with Crippen molar-refractivity contribution >= 4 is 5.69 Å². The van der Waals surface area contributed by atoms with Crippen LogP contribution in [0.2, 0.25) is 0 Å². The van der Waals surface area contributed by atoms with Gasteiger partial charge in [0.25, 0.3) is 0 Å². The highest BCUT2D eigenvalue weighted by Crippen LogP contribution is 2.25. The number of aryl methyl sites for hydroxylation is 1. The molecule has 0 fully saturated rings. The Bertz CT molecular complexity index is 521. The van der Waals surface area contributed by atoms with E-state index in [0.717, 1.165) is 35.5 Å². The molecule has 0 saturated carbocycles. The molecule has 2 rings (SSSR count). The molecular weight excluding hydrogens is 224 g/mol. The number of benzene rings is 1. The zero-order chi connectivity index (χ0) is 13.0. The van der Waals surface area contributed by atoms with E-state index in [0.29, 0.717) is 0 Å². The SMILES string of the molecule is COCCc1ccc(-c2nccc(C)c2N)cc1. The van der Waals surface area contributed by atoms with Crippen molar-refractivity contribution in [2.75, 3.05) is 19.5 Å². The molecule has 18 heavy (non-hydrogen) atoms. The lowest BCUT2D eigenvalue weighted by molar-refractivity contribution is 0.202. The molecule has 3 heteroatoms. The zero-order valence-corrected chi connectivity index (χ0v) is 10.8. The molecule has 0 saturated heterocycles. The molecule has 1 aromatic carbocycles. The molecule has 3 nitrogen and oxygen atoms in total. The lowest BCUT2D eigenvalue weighted by atomic mass is 10.0. The number of ether oxygens (including phenoxy) is 1. The van der Waals surface area contributed by atoms with Crippen molar-refractivity contribution in [2.24, 2.45) is 0 Å². The third-order valence-corrected chi connectivity index (χ3v) is 3.03. The second-order valence-corrected chi connectivity index (χ2v) is 4.33. The maximum Gasteiger partial charge on any atom is 0.0933 e. The van der Waals surface area contributed by atoms with Crippen LogP contribution in [0.5, 0.6) is 0 Å². The second-order valence-electron chi connectivity index (χ2n) is 4.33. The van der Waals surface area contributed by atoms with Gasteiger partial charge in [-0.25, -0.2) is 0 Å². The van der Waals surface area contributed by atoms with Crippen LogP contribution in [0.3, 0.4) is 0 Å². The number of nitrogens with two attached hydrogens (primary N) is 1. The Balaban J connectivity index is 2.26. The van der Waals surface area contributed by atoms with Gasteiger partial charge in [0.2, 0.25) is 0 Å². The first kappa shape index (κ1) is 12.6. The molecule has 0 amide bonds. The van der Waals surface area contributed by atoms with Crippen LogP contribution in [0.15, 0.2) is 36.5 Å². The summed E-state index contributed by atoms with van der Waals surface area (Å²) in [5.74, 6) is 0. The maximum atomic E-state index is 6.05. The van der Waals surface area contributed by atoms with Crippen LogP contribution >= 0.6 is 0 Å². The number of anilines is 1. The minimum Gasteiger partial charge on any atom is -0.397 e. The first-order valence-electron chi connectivity index (χ1n) is 6.01. The second kappa shape index (κ2) is 5.65. The Morgan fingerprint density at radius 1 is 1.17 bits per heavy atom. The third kappa shape index (κ3) is 2.68. The topological polar surface area (TPSA) is 48.1 Å². The van der Waals surface area contributed by atoms with Crippen LogP contribution < -0.4 is 5.73 Å². The largest absolute Gasteiger partial charge is 0.397 e. The fourth-order valence-electron chi connectivity index (χ4n) is 1.85. The summed E-state index contributed by atoms with van der Waals surface area (Å²) in [4.78, 5) is 4.35. The van der Waals surface area contributed by atoms with E-state index in [2.05, 4.69) is 29.2 Å². The fraction of sp³-hybridized carbons (Fsp3) is 0.267. The summed E-state index contributed by atoms with van der Waals surface area (Å²) in [6, 6.07) is 10.2. The number of methoxy groups -OCH3 is 1. The van der Waals surface area contributed by atoms with E-state index >= 15 is 0 Å². The molecule has 1 aromatic heterocycles. The summed E-state index contributed by atoms with van der Waals surface area (Å²) in [6.07, 6.45) is 2.72. The van der Waals surface area contributed by atoms with E-state index in [-0.39, 0.29) is 0 Å². The number of hydrogen-bond donors (Lipinski definition) is 1. The number of aromatic nitrogens is 1. The molecule has 0 spiro atoms. The molecule has 0 unspecified atom stereocenters. The Morgan fingerprint density at radius 3 is 2.56 bits per heavy atom. The van der Waals surface area contributed by atoms with E-state index in [9.17, 15) is 0 Å². The summed E-state index contributed by atoms with van der Waals surface area (Å²) in [5, 5.41) is 0. The molecule has 1 heterocycles. The Morgan fingerprint density at radius 2 is 1.89 bits per heavy atom. The number of rotatable bonds is 4. The first-order valence-corrected chi connectivity index (χ1v) is 6.01. The van der Waals surface area contributed by atoms with Gasteiger partial charge in [0.1, 0.15) is 0 Å². The Hall–Kier alpha value is -1.87. The van der Waals surface area contributed by atoms with Gasteiger partial charge in [-0.15, -0.1) is 0 Å². The molecule has 0 atom stereocenters. The maximum absolute atomic E-state index is 6.05. The van der Waals surface area contributed by atoms with Gasteiger partial charge in [0, 0.05) is 18.9 Å². The van der Waals surface area contributed by atoms with Crippen LogP contribution in [0.25, 0.3) is 11.3 Å². The van der Waals surface area contributed by atoms with Crippen LogP contribution in [0.1, 0.15) is 11.1 Å². The van der Waals surface area contributed by atoms with Gasteiger partial charge in [0.05, 0.1) is 18.0 Å². The molecule has 2 N–H and O–H groups in total. The summed E-state index contributed by atoms with van der Waals surface area (Å²) >= 11 is 0. The summed E-state index contributed by atoms with van der Waals surface area (Å²) in [7, 11) is 1.71. The molecule has 0 radical (unpaired) electrons. The fourth-order valence-corrected chi connectivity index (χ4v) is 1.85. The predicted octanol–water partition coefficient (Wildman–Crippen LogP) is 2.83. The van der Waals surface area contributed by atoms with Crippen LogP contribution in [0.4, 0.5) is 5.69 Å². The van der Waals surface area contributed by atoms with E-state index in [1.807, 2.05) is 13.0 Å². The number of nitrogens with zero attached hydrogens (tertiary/aromatic N) is 1. The zero-order valence-electron chi connectivity index (χ0n) is 10.8. The van der Waals surface area contributed by atoms with Crippen LogP contribution in [-0.4, -0.2) is 18.7 Å². The van der Waals surface area contributed by atoms with Gasteiger partial charge >= 0.3 is 0 Å². The quantitative estimate of drug-likeness (QED) is 0.896. The van der Waals surface area contributed by atoms with Crippen LogP contribution in [0, 0.1) is 6.92 Å². The van der Waals surface area contributed by atoms with Gasteiger partial charge in [-0.05, 0) is 30.5 Å². The van der Waals surface area contributed by atoms with Gasteiger partial charge in [-0.2, -0.15) is 0 Å². The van der Waals surface area contributed by atoms with Crippen molar-refractivity contribution in [1.82, 2.24) is 4.98 Å². The molecule has 0 aliphatic heterocycles. The Kier molecular flexibility index (Phi) is 3.95. The average molecular weight is 242 g/mol. The van der Waals surface area contributed by atoms with Crippen molar-refractivity contribution in [3.05, 3.63) is 47.7 Å². The van der Waals surface area contributed by atoms with E-state index in [1.54, 1.807) is 13.3 Å². The molecular formula is C15H18N2O. The summed E-state index contributed by atoms with van der Waals surface area (Å²) in [6.45, 7) is 2.73. The van der Waals surface area contributed by atoms with Crippen molar-refractivity contribution in [3.63, 3.8) is 0 Å². The normalized spacial score (nSPS) is 10.6. The number of nitrogen functional groups attached to an aromatic ring is 1. The molecule has 0 aliphatic rings. The summed E-state index contributed by atoms with van der Waals surface area (Å²) < 4.78 is 5.06. The highest BCUT2D eigenvalue weighted by Gasteiger charge is 2.05. The van der Waals surface area contributed by atoms with Gasteiger partial charge in [0.15, 0.2) is 0 Å². The lowest BCUT2D eigenvalue weighted by Crippen LogP contribution is -1.97. The van der Waals surface area contributed by atoms with E-state index in [1.165, 1.54) is 5.56 Å². The van der Waals surface area contributed by atoms with E-state index < -0.39 is 0 Å². The van der Waals surface area contributed by atoms with Crippen molar-refractivity contribution < 1.29 is 4.74 Å². The van der Waals surface area contributed by atoms with Gasteiger partial charge < -0.3 is 10.5 Å². The van der Waals surface area contributed by atoms with Gasteiger partial charge in [-0.3, -0.25) is 4.98 Å². The van der Waals surface area contributed by atoms with Crippen molar-refractivity contribution in [3.8, 4) is 11.3 Å². The molecule has 0 bridgehead atoms. The van der Waals surface area contributed by atoms with Crippen molar-refractivity contribution in [2.45, 2.75) is 13.3 Å². The predicted molar refractivity (Wildman–Crippen MR) is 74.4 cm³/mol. The smallest absolute Gasteiger partial charge is 0.0933 e. The lowest BCUT2D eigenvalue weighted by Gasteiger charge is -2.08. The minimum absolute atomic E-state index is 0.740. The highest BCUT2D eigenvalue weighted by atomic mass is 16.5. The average Bonchev–Trinajstić information content (AvgIpc) is 2.40. The first-order chi connectivity index (χ1) is 8.72. The standard InChI is InChI=1S/C15H18N2O/c1-11-7-9-17-15(14(11)16)13-5-3-12(4-6-13)8-10-18-2/h3-7,9H,8,10,16H2,1-2H3. The van der Waals surface area contributed by atoms with Gasteiger partial charge in [-0.1, -0.05) is 24.3 Å². The highest BCUT2D eigenvalue weighted by molar-refractivity contribution is 5.74. The number of pyridine rings is 1. The molecule has 2 aromatic rings. The monoisotopic (exact) mass is 242 g/mol. The van der Waals surface area contributed by atoms with Crippen LogP contribution in [-0.2, 0) is 11.2 Å². The Labute approximate surface area is 108 Å². The summed E-state index contributed by atoms with van der Waals surface area (Å²) in [5.41, 5.74) is 11.0. The minimum atomic E-state index is 0.740. The van der Waals surface area contributed by atoms with Crippen molar-refractivity contribution in [1.29, 1.82) is 0 Å². The number of hydrogen-bond acceptors (Lipinski definition) is 3.